The van der Waals surface area contributed by atoms with Gasteiger partial charge in [-0.1, -0.05) is 18.6 Å². The minimum absolute atomic E-state index is 0. The van der Waals surface area contributed by atoms with Crippen LogP contribution < -0.4 is 0 Å². The van der Waals surface area contributed by atoms with Gasteiger partial charge in [-0.25, -0.2) is 0 Å². The van der Waals surface area contributed by atoms with Crippen LogP contribution in [0.25, 0.3) is 0 Å². The van der Waals surface area contributed by atoms with Crippen LogP contribution in [0.3, 0.4) is 0 Å². The maximum Gasteiger partial charge on any atom is 0.270 e. The van der Waals surface area contributed by atoms with E-state index in [0.29, 0.717) is 12.0 Å². The summed E-state index contributed by atoms with van der Waals surface area (Å²) in [4.78, 5) is 24.5. The molecule has 0 spiro atoms. The van der Waals surface area contributed by atoms with Crippen LogP contribution in [0.15, 0.2) is 24.3 Å². The first-order valence-corrected chi connectivity index (χ1v) is 6.67. The molecule has 1 aromatic rings. The van der Waals surface area contributed by atoms with Crippen molar-refractivity contribution in [3.8, 4) is 0 Å². The van der Waals surface area contributed by atoms with E-state index < -0.39 is 4.92 Å². The smallest absolute Gasteiger partial charge is 0.270 e. The highest BCUT2D eigenvalue weighted by atomic mass is 35.5. The Balaban J connectivity index is 0.00000200. The Labute approximate surface area is 124 Å². The van der Waals surface area contributed by atoms with Crippen molar-refractivity contribution in [1.29, 1.82) is 0 Å². The van der Waals surface area contributed by atoms with E-state index in [4.69, 9.17) is 0 Å². The number of Topliss-reactive ketones (excluding diaryl/α,β-unsaturated/α-hetero) is 1. The van der Waals surface area contributed by atoms with Crippen molar-refractivity contribution in [1.82, 2.24) is 4.90 Å². The third-order valence-electron chi connectivity index (χ3n) is 3.48. The Kier molecular flexibility index (Phi) is 6.61. The largest absolute Gasteiger partial charge is 0.303 e. The molecule has 0 amide bonds. The number of rotatable bonds is 5. The second-order valence-corrected chi connectivity index (χ2v) is 4.88. The lowest BCUT2D eigenvalue weighted by Gasteiger charge is -2.25. The summed E-state index contributed by atoms with van der Waals surface area (Å²) < 4.78 is 0. The summed E-state index contributed by atoms with van der Waals surface area (Å²) >= 11 is 0. The average Bonchev–Trinajstić information content (AvgIpc) is 2.46. The summed E-state index contributed by atoms with van der Waals surface area (Å²) in [5, 5.41) is 10.7. The number of non-ortho nitro benzene ring substituents is 1. The van der Waals surface area contributed by atoms with Gasteiger partial charge in [-0.3, -0.25) is 14.9 Å². The Hall–Kier alpha value is -1.46. The number of benzene rings is 1. The number of carbonyl (C=O) groups excluding carboxylic acids is 1. The highest BCUT2D eigenvalue weighted by Crippen LogP contribution is 2.15. The van der Waals surface area contributed by atoms with E-state index in [9.17, 15) is 14.9 Å². The van der Waals surface area contributed by atoms with Crippen molar-refractivity contribution in [2.75, 3.05) is 19.6 Å². The average molecular weight is 299 g/mol. The van der Waals surface area contributed by atoms with Crippen molar-refractivity contribution in [3.05, 3.63) is 39.9 Å². The molecule has 0 atom stereocenters. The van der Waals surface area contributed by atoms with Gasteiger partial charge in [-0.15, -0.1) is 12.4 Å². The molecule has 0 aliphatic carbocycles. The number of hydrogen-bond donors (Lipinski definition) is 0. The Morgan fingerprint density at radius 1 is 1.25 bits per heavy atom. The molecule has 0 bridgehead atoms. The zero-order valence-corrected chi connectivity index (χ0v) is 12.1. The fourth-order valence-electron chi connectivity index (χ4n) is 2.38. The highest BCUT2D eigenvalue weighted by molar-refractivity contribution is 5.96. The topological polar surface area (TPSA) is 63.5 Å². The lowest BCUT2D eigenvalue weighted by Crippen LogP contribution is -2.31. The number of piperidine rings is 1. The van der Waals surface area contributed by atoms with Crippen molar-refractivity contribution in [2.45, 2.75) is 25.7 Å². The van der Waals surface area contributed by atoms with Gasteiger partial charge in [0.25, 0.3) is 5.69 Å². The second kappa shape index (κ2) is 7.97. The maximum absolute atomic E-state index is 12.0. The Morgan fingerprint density at radius 2 is 1.95 bits per heavy atom. The van der Waals surface area contributed by atoms with Crippen molar-refractivity contribution in [2.24, 2.45) is 0 Å². The van der Waals surface area contributed by atoms with E-state index in [1.807, 2.05) is 0 Å². The lowest BCUT2D eigenvalue weighted by atomic mass is 10.1. The molecular formula is C14H19ClN2O3. The fourth-order valence-corrected chi connectivity index (χ4v) is 2.38. The van der Waals surface area contributed by atoms with Gasteiger partial charge in [0.15, 0.2) is 5.78 Å². The molecular weight excluding hydrogens is 280 g/mol. The van der Waals surface area contributed by atoms with Gasteiger partial charge in [0, 0.05) is 30.7 Å². The molecule has 1 aromatic carbocycles. The van der Waals surface area contributed by atoms with Crippen LogP contribution in [-0.2, 0) is 0 Å². The van der Waals surface area contributed by atoms with Gasteiger partial charge < -0.3 is 4.90 Å². The molecule has 2 rings (SSSR count). The first-order chi connectivity index (χ1) is 9.16. The molecule has 1 aliphatic rings. The standard InChI is InChI=1S/C14H18N2O3.ClH/c17-14(7-10-15-8-2-1-3-9-15)12-5-4-6-13(11-12)16(18)19;/h4-6,11H,1-3,7-10H2;1H. The first-order valence-electron chi connectivity index (χ1n) is 6.67. The molecule has 6 heteroatoms. The van der Waals surface area contributed by atoms with Crippen LogP contribution in [-0.4, -0.2) is 35.2 Å². The second-order valence-electron chi connectivity index (χ2n) is 4.88. The molecule has 0 aromatic heterocycles. The third-order valence-corrected chi connectivity index (χ3v) is 3.48. The SMILES string of the molecule is Cl.O=C(CCN1CCCCC1)c1cccc([N+](=O)[O-])c1. The van der Waals surface area contributed by atoms with Gasteiger partial charge in [0.2, 0.25) is 0 Å². The van der Waals surface area contributed by atoms with Crippen molar-refractivity contribution in [3.63, 3.8) is 0 Å². The monoisotopic (exact) mass is 298 g/mol. The van der Waals surface area contributed by atoms with E-state index in [0.717, 1.165) is 19.6 Å². The van der Waals surface area contributed by atoms with Gasteiger partial charge >= 0.3 is 0 Å². The predicted molar refractivity (Wildman–Crippen MR) is 79.6 cm³/mol. The zero-order chi connectivity index (χ0) is 13.7. The van der Waals surface area contributed by atoms with Crippen molar-refractivity contribution < 1.29 is 9.72 Å². The quantitative estimate of drug-likeness (QED) is 0.476. The highest BCUT2D eigenvalue weighted by Gasteiger charge is 2.14. The fraction of sp³-hybridized carbons (Fsp3) is 0.500. The number of likely N-dealkylation sites (tertiary alicyclic amines) is 1. The molecule has 1 aliphatic heterocycles. The zero-order valence-electron chi connectivity index (χ0n) is 11.3. The molecule has 110 valence electrons. The van der Waals surface area contributed by atoms with Gasteiger partial charge in [0.1, 0.15) is 0 Å². The molecule has 20 heavy (non-hydrogen) atoms. The van der Waals surface area contributed by atoms with Gasteiger partial charge in [0.05, 0.1) is 4.92 Å². The number of halogens is 1. The lowest BCUT2D eigenvalue weighted by molar-refractivity contribution is -0.384. The first kappa shape index (κ1) is 16.6. The van der Waals surface area contributed by atoms with Crippen molar-refractivity contribution >= 4 is 23.9 Å². The predicted octanol–water partition coefficient (Wildman–Crippen LogP) is 3.08. The van der Waals surface area contributed by atoms with Crippen LogP contribution in [0.5, 0.6) is 0 Å². The molecule has 0 unspecified atom stereocenters. The third kappa shape index (κ3) is 4.58. The summed E-state index contributed by atoms with van der Waals surface area (Å²) in [6.45, 7) is 2.87. The van der Waals surface area contributed by atoms with Gasteiger partial charge in [-0.2, -0.15) is 0 Å². The number of carbonyl (C=O) groups is 1. The molecule has 0 N–H and O–H groups in total. The Bertz CT molecular complexity index is 473. The molecule has 1 heterocycles. The normalized spacial score (nSPS) is 15.4. The van der Waals surface area contributed by atoms with Crippen LogP contribution >= 0.6 is 12.4 Å². The van der Waals surface area contributed by atoms with Gasteiger partial charge in [-0.05, 0) is 25.9 Å². The summed E-state index contributed by atoms with van der Waals surface area (Å²) in [7, 11) is 0. The van der Waals surface area contributed by atoms with E-state index in [2.05, 4.69) is 4.90 Å². The molecule has 0 saturated carbocycles. The summed E-state index contributed by atoms with van der Waals surface area (Å²) in [5.74, 6) is -0.0192. The maximum atomic E-state index is 12.0. The minimum atomic E-state index is -0.471. The van der Waals surface area contributed by atoms with Crippen LogP contribution in [0.1, 0.15) is 36.0 Å². The van der Waals surface area contributed by atoms with E-state index in [1.54, 1.807) is 12.1 Å². The molecule has 1 fully saturated rings. The van der Waals surface area contributed by atoms with Crippen LogP contribution in [0.2, 0.25) is 0 Å². The Morgan fingerprint density at radius 3 is 2.60 bits per heavy atom. The summed E-state index contributed by atoms with van der Waals surface area (Å²) in [5.41, 5.74) is 0.412. The van der Waals surface area contributed by atoms with Crippen LogP contribution in [0, 0.1) is 10.1 Å². The number of nitro groups is 1. The molecule has 1 saturated heterocycles. The van der Waals surface area contributed by atoms with E-state index in [-0.39, 0.29) is 23.9 Å². The van der Waals surface area contributed by atoms with Crippen LogP contribution in [0.4, 0.5) is 5.69 Å². The number of nitro benzene ring substituents is 1. The number of nitrogens with zero attached hydrogens (tertiary/aromatic N) is 2. The number of ketones is 1. The minimum Gasteiger partial charge on any atom is -0.303 e. The summed E-state index contributed by atoms with van der Waals surface area (Å²) in [6, 6.07) is 5.97. The number of hydrogen-bond acceptors (Lipinski definition) is 4. The van der Waals surface area contributed by atoms with E-state index in [1.165, 1.54) is 31.4 Å². The molecule has 5 nitrogen and oxygen atoms in total. The summed E-state index contributed by atoms with van der Waals surface area (Å²) in [6.07, 6.45) is 4.10. The molecule has 0 radical (unpaired) electrons. The van der Waals surface area contributed by atoms with E-state index >= 15 is 0 Å².